The van der Waals surface area contributed by atoms with Crippen molar-refractivity contribution in [2.45, 2.75) is 51.0 Å². The summed E-state index contributed by atoms with van der Waals surface area (Å²) in [5, 5.41) is 24.5. The number of nitrogens with one attached hydrogen (secondary N) is 2. The van der Waals surface area contributed by atoms with Gasteiger partial charge in [0.25, 0.3) is 0 Å². The van der Waals surface area contributed by atoms with Gasteiger partial charge in [-0.05, 0) is 45.5 Å². The van der Waals surface area contributed by atoms with Gasteiger partial charge in [0.15, 0.2) is 6.29 Å². The van der Waals surface area contributed by atoms with Crippen molar-refractivity contribution in [3.8, 4) is 11.1 Å². The van der Waals surface area contributed by atoms with Crippen LogP contribution in [0.1, 0.15) is 47.1 Å². The second-order valence-corrected chi connectivity index (χ2v) is 13.2. The molecule has 4 aromatic rings. The average molecular weight is 685 g/mol. The fourth-order valence-electron chi connectivity index (χ4n) is 5.88. The molecule has 4 aromatic carbocycles. The summed E-state index contributed by atoms with van der Waals surface area (Å²) in [6.45, 7) is 2.48. The number of aliphatic hydroxyl groups excluding tert-OH is 2. The molecule has 4 N–H and O–H groups in total. The second-order valence-electron chi connectivity index (χ2n) is 12.0. The predicted octanol–water partition coefficient (Wildman–Crippen LogP) is 5.95. The maximum atomic E-state index is 12.8. The fourth-order valence-corrected chi connectivity index (χ4v) is 6.79. The van der Waals surface area contributed by atoms with Crippen molar-refractivity contribution >= 4 is 23.8 Å². The van der Waals surface area contributed by atoms with Crippen LogP contribution in [0.4, 0.5) is 4.79 Å². The molecule has 1 aliphatic heterocycles. The Morgan fingerprint density at radius 3 is 2.27 bits per heavy atom. The monoisotopic (exact) mass is 684 g/mol. The molecule has 1 aliphatic rings. The van der Waals surface area contributed by atoms with Gasteiger partial charge in [-0.3, -0.25) is 0 Å². The quantitative estimate of drug-likeness (QED) is 0.0950. The highest BCUT2D eigenvalue weighted by molar-refractivity contribution is 7.99. The zero-order valence-electron chi connectivity index (χ0n) is 27.8. The number of aliphatic hydroxyl groups is 2. The Morgan fingerprint density at radius 1 is 0.837 bits per heavy atom. The summed E-state index contributed by atoms with van der Waals surface area (Å²) < 4.78 is 18.1. The number of amides is 2. The number of carbonyl (C=O) groups excluding carboxylic acids is 2. The molecule has 0 bridgehead atoms. The largest absolute Gasteiger partial charge is 0.467 e. The molecule has 0 aromatic heterocycles. The first-order chi connectivity index (χ1) is 23.9. The van der Waals surface area contributed by atoms with Crippen LogP contribution in [0.25, 0.3) is 11.1 Å². The molecule has 5 rings (SSSR count). The van der Waals surface area contributed by atoms with Gasteiger partial charge in [0.05, 0.1) is 32.5 Å². The number of benzene rings is 4. The molecule has 2 amide bonds. The van der Waals surface area contributed by atoms with Crippen LogP contribution in [-0.2, 0) is 38.6 Å². The third kappa shape index (κ3) is 9.93. The SMILES string of the molecule is COC(=O)C(Cc1ccccc1)NC(=O)NCc1cccc(-c2cccc(C3OC(CSCCO)C(C)C(c4ccc(CO)cc4)O3)c2)c1. The molecule has 258 valence electrons. The van der Waals surface area contributed by atoms with E-state index in [1.54, 1.807) is 11.8 Å². The van der Waals surface area contributed by atoms with Crippen molar-refractivity contribution in [2.75, 3.05) is 25.2 Å². The molecule has 5 unspecified atom stereocenters. The van der Waals surface area contributed by atoms with Crippen LogP contribution in [0.3, 0.4) is 0 Å². The normalized spacial score (nSPS) is 19.5. The number of methoxy groups -OCH3 is 1. The topological polar surface area (TPSA) is 126 Å². The summed E-state index contributed by atoms with van der Waals surface area (Å²) in [5.41, 5.74) is 6.49. The van der Waals surface area contributed by atoms with Crippen LogP contribution < -0.4 is 10.6 Å². The lowest BCUT2D eigenvalue weighted by molar-refractivity contribution is -0.268. The summed E-state index contributed by atoms with van der Waals surface area (Å²) in [4.78, 5) is 25.2. The van der Waals surface area contributed by atoms with Gasteiger partial charge in [0.2, 0.25) is 0 Å². The Labute approximate surface area is 292 Å². The minimum Gasteiger partial charge on any atom is -0.467 e. The maximum Gasteiger partial charge on any atom is 0.328 e. The third-order valence-electron chi connectivity index (χ3n) is 8.59. The molecule has 0 saturated carbocycles. The Kier molecular flexibility index (Phi) is 13.3. The summed E-state index contributed by atoms with van der Waals surface area (Å²) in [6.07, 6.45) is -0.611. The van der Waals surface area contributed by atoms with Crippen LogP contribution >= 0.6 is 11.8 Å². The van der Waals surface area contributed by atoms with Crippen molar-refractivity contribution < 1.29 is 34.0 Å². The zero-order chi connectivity index (χ0) is 34.6. The number of carbonyl (C=O) groups is 2. The van der Waals surface area contributed by atoms with Gasteiger partial charge in [-0.1, -0.05) is 97.9 Å². The minimum absolute atomic E-state index is 0.0185. The summed E-state index contributed by atoms with van der Waals surface area (Å²) in [5.74, 6) is 0.910. The highest BCUT2D eigenvalue weighted by Crippen LogP contribution is 2.43. The fraction of sp³-hybridized carbons (Fsp3) is 0.333. The summed E-state index contributed by atoms with van der Waals surface area (Å²) in [7, 11) is 1.31. The number of ether oxygens (including phenoxy) is 3. The number of urea groups is 1. The molecule has 9 nitrogen and oxygen atoms in total. The van der Waals surface area contributed by atoms with E-state index in [0.717, 1.165) is 44.7 Å². The van der Waals surface area contributed by atoms with Crippen LogP contribution in [-0.4, -0.2) is 59.6 Å². The van der Waals surface area contributed by atoms with Crippen molar-refractivity contribution in [2.24, 2.45) is 5.92 Å². The van der Waals surface area contributed by atoms with E-state index >= 15 is 0 Å². The van der Waals surface area contributed by atoms with Gasteiger partial charge < -0.3 is 35.1 Å². The highest BCUT2D eigenvalue weighted by Gasteiger charge is 2.38. The number of esters is 1. The zero-order valence-corrected chi connectivity index (χ0v) is 28.6. The van der Waals surface area contributed by atoms with Crippen molar-refractivity contribution in [1.29, 1.82) is 0 Å². The molecular formula is C39H44N2O7S. The van der Waals surface area contributed by atoms with E-state index in [1.165, 1.54) is 7.11 Å². The predicted molar refractivity (Wildman–Crippen MR) is 191 cm³/mol. The van der Waals surface area contributed by atoms with Crippen molar-refractivity contribution in [3.05, 3.63) is 131 Å². The number of hydrogen-bond acceptors (Lipinski definition) is 8. The van der Waals surface area contributed by atoms with Crippen LogP contribution in [0, 0.1) is 5.92 Å². The maximum absolute atomic E-state index is 12.8. The van der Waals surface area contributed by atoms with E-state index in [4.69, 9.17) is 14.2 Å². The Balaban J connectivity index is 1.28. The number of thioether (sulfide) groups is 1. The van der Waals surface area contributed by atoms with Gasteiger partial charge in [-0.15, -0.1) is 0 Å². The molecule has 1 fully saturated rings. The van der Waals surface area contributed by atoms with Gasteiger partial charge in [-0.25, -0.2) is 9.59 Å². The van der Waals surface area contributed by atoms with E-state index in [0.29, 0.717) is 12.2 Å². The first-order valence-electron chi connectivity index (χ1n) is 16.4. The molecule has 0 aliphatic carbocycles. The van der Waals surface area contributed by atoms with Gasteiger partial charge >= 0.3 is 12.0 Å². The lowest BCUT2D eigenvalue weighted by Gasteiger charge is -2.41. The average Bonchev–Trinajstić information content (AvgIpc) is 3.15. The van der Waals surface area contributed by atoms with E-state index in [2.05, 4.69) is 23.6 Å². The first kappa shape index (κ1) is 36.1. The molecule has 1 saturated heterocycles. The van der Waals surface area contributed by atoms with Gasteiger partial charge in [0, 0.05) is 36.0 Å². The highest BCUT2D eigenvalue weighted by atomic mass is 32.2. The van der Waals surface area contributed by atoms with Gasteiger partial charge in [-0.2, -0.15) is 11.8 Å². The summed E-state index contributed by atoms with van der Waals surface area (Å²) >= 11 is 1.66. The molecule has 1 heterocycles. The standard InChI is InChI=1S/C39H44N2O7S/c1-26-35(25-49-19-18-42)47-38(48-36(26)30-16-14-28(24-43)15-17-30)33-13-7-12-32(22-33)31-11-6-10-29(20-31)23-40-39(45)41-34(37(44)46-2)21-27-8-4-3-5-9-27/h3-17,20,22,26,34-36,38,42-43H,18-19,21,23-25H2,1-2H3,(H2,40,41,45). The lowest BCUT2D eigenvalue weighted by Crippen LogP contribution is -2.47. The van der Waals surface area contributed by atoms with Crippen LogP contribution in [0.2, 0.25) is 0 Å². The molecule has 0 spiro atoms. The van der Waals surface area contributed by atoms with E-state index in [1.807, 2.05) is 97.1 Å². The Bertz CT molecular complexity index is 1650. The Hall–Kier alpha value is -4.19. The minimum atomic E-state index is -0.818. The lowest BCUT2D eigenvalue weighted by atomic mass is 9.91. The third-order valence-corrected chi connectivity index (χ3v) is 9.62. The van der Waals surface area contributed by atoms with Crippen LogP contribution in [0.5, 0.6) is 0 Å². The molecular weight excluding hydrogens is 641 g/mol. The Morgan fingerprint density at radius 2 is 1.55 bits per heavy atom. The number of rotatable bonds is 14. The smallest absolute Gasteiger partial charge is 0.328 e. The molecule has 0 radical (unpaired) electrons. The number of hydrogen-bond donors (Lipinski definition) is 4. The molecule has 49 heavy (non-hydrogen) atoms. The van der Waals surface area contributed by atoms with Crippen molar-refractivity contribution in [1.82, 2.24) is 10.6 Å². The molecule has 5 atom stereocenters. The van der Waals surface area contributed by atoms with E-state index in [9.17, 15) is 19.8 Å². The van der Waals surface area contributed by atoms with Crippen LogP contribution in [0.15, 0.2) is 103 Å². The first-order valence-corrected chi connectivity index (χ1v) is 17.6. The van der Waals surface area contributed by atoms with Gasteiger partial charge in [0.1, 0.15) is 6.04 Å². The second kappa shape index (κ2) is 18.0. The van der Waals surface area contributed by atoms with E-state index in [-0.39, 0.29) is 37.9 Å². The summed E-state index contributed by atoms with van der Waals surface area (Å²) in [6, 6.07) is 32.0. The van der Waals surface area contributed by atoms with E-state index < -0.39 is 24.3 Å². The molecule has 10 heteroatoms. The van der Waals surface area contributed by atoms with Crippen molar-refractivity contribution in [3.63, 3.8) is 0 Å².